The maximum Gasteiger partial charge on any atom is 0.336 e. The van der Waals surface area contributed by atoms with Crippen LogP contribution in [0.3, 0.4) is 0 Å². The average Bonchev–Trinajstić information content (AvgIpc) is 2.81. The van der Waals surface area contributed by atoms with E-state index in [4.69, 9.17) is 18.6 Å². The number of halogens is 1. The van der Waals surface area contributed by atoms with E-state index in [1.165, 1.54) is 25.1 Å². The minimum absolute atomic E-state index is 0.0968. The molecular formula is C25H24FNO7. The Kier molecular flexibility index (Phi) is 6.93. The van der Waals surface area contributed by atoms with E-state index in [1.807, 2.05) is 6.92 Å². The van der Waals surface area contributed by atoms with Gasteiger partial charge in [-0.1, -0.05) is 0 Å². The van der Waals surface area contributed by atoms with Crippen LogP contribution in [0.1, 0.15) is 22.8 Å². The number of morpholine rings is 1. The summed E-state index contributed by atoms with van der Waals surface area (Å²) in [5.41, 5.74) is 0.894. The summed E-state index contributed by atoms with van der Waals surface area (Å²) in [7, 11) is 0. The van der Waals surface area contributed by atoms with Crippen LogP contribution >= 0.6 is 0 Å². The first-order valence-electron chi connectivity index (χ1n) is 10.8. The molecule has 1 aromatic heterocycles. The molecule has 0 aliphatic carbocycles. The number of rotatable bonds is 7. The van der Waals surface area contributed by atoms with Gasteiger partial charge in [-0.05, 0) is 49.7 Å². The van der Waals surface area contributed by atoms with Crippen LogP contribution < -0.4 is 15.1 Å². The van der Waals surface area contributed by atoms with E-state index in [2.05, 4.69) is 0 Å². The Balaban J connectivity index is 1.33. The van der Waals surface area contributed by atoms with Gasteiger partial charge in [-0.15, -0.1) is 0 Å². The highest BCUT2D eigenvalue weighted by Crippen LogP contribution is 2.23. The summed E-state index contributed by atoms with van der Waals surface area (Å²) in [6.07, 6.45) is -0.416. The lowest BCUT2D eigenvalue weighted by Crippen LogP contribution is -2.49. The quantitative estimate of drug-likeness (QED) is 0.388. The number of aryl methyl sites for hydroxylation is 1. The van der Waals surface area contributed by atoms with Gasteiger partial charge in [-0.3, -0.25) is 9.59 Å². The molecule has 4 rings (SSSR count). The van der Waals surface area contributed by atoms with E-state index in [0.29, 0.717) is 24.5 Å². The van der Waals surface area contributed by atoms with Crippen molar-refractivity contribution in [2.75, 3.05) is 32.9 Å². The summed E-state index contributed by atoms with van der Waals surface area (Å²) in [6.45, 7) is 4.07. The maximum atomic E-state index is 13.4. The number of Topliss-reactive ketones (excluding diaryl/α,β-unsaturated/α-hetero) is 1. The molecule has 1 unspecified atom stereocenters. The van der Waals surface area contributed by atoms with Crippen LogP contribution in [0, 0.1) is 12.7 Å². The zero-order chi connectivity index (χ0) is 24.2. The van der Waals surface area contributed by atoms with Crippen LogP contribution in [0.2, 0.25) is 0 Å². The third kappa shape index (κ3) is 5.43. The SMILES string of the molecule is CC(=O)c1cc(F)ccc1OCC1CN(C(=O)COc2ccc3c(C)cc(=O)oc3c2)CCO1. The number of carbonyl (C=O) groups excluding carboxylic acids is 2. The minimum Gasteiger partial charge on any atom is -0.490 e. The second kappa shape index (κ2) is 10.0. The van der Waals surface area contributed by atoms with Crippen LogP contribution in [-0.2, 0) is 9.53 Å². The molecule has 0 spiro atoms. The smallest absolute Gasteiger partial charge is 0.336 e. The highest BCUT2D eigenvalue weighted by atomic mass is 19.1. The fourth-order valence-corrected chi connectivity index (χ4v) is 3.76. The van der Waals surface area contributed by atoms with Gasteiger partial charge < -0.3 is 23.5 Å². The van der Waals surface area contributed by atoms with Crippen molar-refractivity contribution in [1.82, 2.24) is 4.90 Å². The molecule has 1 aliphatic rings. The highest BCUT2D eigenvalue weighted by Gasteiger charge is 2.25. The normalized spacial score (nSPS) is 15.9. The summed E-state index contributed by atoms with van der Waals surface area (Å²) in [6, 6.07) is 10.2. The molecule has 1 saturated heterocycles. The van der Waals surface area contributed by atoms with Crippen molar-refractivity contribution < 1.29 is 32.6 Å². The Hall–Kier alpha value is -3.72. The van der Waals surface area contributed by atoms with Crippen molar-refractivity contribution in [3.8, 4) is 11.5 Å². The predicted octanol–water partition coefficient (Wildman–Crippen LogP) is 3.13. The number of benzene rings is 2. The highest BCUT2D eigenvalue weighted by molar-refractivity contribution is 5.96. The Morgan fingerprint density at radius 2 is 1.97 bits per heavy atom. The van der Waals surface area contributed by atoms with Crippen molar-refractivity contribution >= 4 is 22.7 Å². The Bertz CT molecular complexity index is 1290. The molecule has 1 atom stereocenters. The number of nitrogens with zero attached hydrogens (tertiary/aromatic N) is 1. The van der Waals surface area contributed by atoms with Gasteiger partial charge in [0.05, 0.1) is 18.7 Å². The molecule has 8 nitrogen and oxygen atoms in total. The number of carbonyl (C=O) groups is 2. The Labute approximate surface area is 194 Å². The maximum absolute atomic E-state index is 13.4. The number of ether oxygens (including phenoxy) is 3. The van der Waals surface area contributed by atoms with Crippen LogP contribution in [0.4, 0.5) is 4.39 Å². The zero-order valence-electron chi connectivity index (χ0n) is 18.8. The van der Waals surface area contributed by atoms with Gasteiger partial charge >= 0.3 is 5.63 Å². The minimum atomic E-state index is -0.521. The van der Waals surface area contributed by atoms with Gasteiger partial charge in [0.25, 0.3) is 5.91 Å². The van der Waals surface area contributed by atoms with Crippen molar-refractivity contribution in [2.24, 2.45) is 0 Å². The molecule has 1 fully saturated rings. The van der Waals surface area contributed by atoms with E-state index < -0.39 is 17.5 Å². The summed E-state index contributed by atoms with van der Waals surface area (Å²) < 4.78 is 35.7. The third-order valence-corrected chi connectivity index (χ3v) is 5.52. The summed E-state index contributed by atoms with van der Waals surface area (Å²) in [4.78, 5) is 37.6. The van der Waals surface area contributed by atoms with Crippen molar-refractivity contribution in [3.63, 3.8) is 0 Å². The van der Waals surface area contributed by atoms with Crippen LogP contribution in [-0.4, -0.2) is 55.6 Å². The Morgan fingerprint density at radius 1 is 1.15 bits per heavy atom. The monoisotopic (exact) mass is 469 g/mol. The predicted molar refractivity (Wildman–Crippen MR) is 121 cm³/mol. The summed E-state index contributed by atoms with van der Waals surface area (Å²) in [5, 5.41) is 0.795. The molecule has 2 aromatic carbocycles. The molecule has 34 heavy (non-hydrogen) atoms. The first-order chi connectivity index (χ1) is 16.3. The van der Waals surface area contributed by atoms with Gasteiger partial charge in [-0.25, -0.2) is 9.18 Å². The second-order valence-electron chi connectivity index (χ2n) is 8.04. The van der Waals surface area contributed by atoms with Crippen molar-refractivity contribution in [1.29, 1.82) is 0 Å². The van der Waals surface area contributed by atoms with Gasteiger partial charge in [-0.2, -0.15) is 0 Å². The van der Waals surface area contributed by atoms with E-state index in [-0.39, 0.29) is 42.8 Å². The van der Waals surface area contributed by atoms with Crippen LogP contribution in [0.5, 0.6) is 11.5 Å². The second-order valence-corrected chi connectivity index (χ2v) is 8.04. The van der Waals surface area contributed by atoms with Gasteiger partial charge in [0.1, 0.15) is 35.6 Å². The lowest BCUT2D eigenvalue weighted by molar-refractivity contribution is -0.142. The number of ketones is 1. The molecule has 2 heterocycles. The fourth-order valence-electron chi connectivity index (χ4n) is 3.76. The van der Waals surface area contributed by atoms with E-state index in [9.17, 15) is 18.8 Å². The first-order valence-corrected chi connectivity index (χ1v) is 10.8. The van der Waals surface area contributed by atoms with Crippen LogP contribution in [0.25, 0.3) is 11.0 Å². The average molecular weight is 469 g/mol. The first kappa shape index (κ1) is 23.4. The van der Waals surface area contributed by atoms with E-state index in [0.717, 1.165) is 17.0 Å². The topological polar surface area (TPSA) is 95.3 Å². The molecule has 178 valence electrons. The van der Waals surface area contributed by atoms with Gasteiger partial charge in [0.15, 0.2) is 12.4 Å². The molecular weight excluding hydrogens is 445 g/mol. The van der Waals surface area contributed by atoms with Gasteiger partial charge in [0, 0.05) is 24.1 Å². The van der Waals surface area contributed by atoms with Crippen molar-refractivity contribution in [2.45, 2.75) is 20.0 Å². The summed E-state index contributed by atoms with van der Waals surface area (Å²) >= 11 is 0. The largest absolute Gasteiger partial charge is 0.490 e. The summed E-state index contributed by atoms with van der Waals surface area (Å²) in [5.74, 6) is -0.383. The number of hydrogen-bond acceptors (Lipinski definition) is 7. The lowest BCUT2D eigenvalue weighted by atomic mass is 10.1. The number of hydrogen-bond donors (Lipinski definition) is 0. The third-order valence-electron chi connectivity index (χ3n) is 5.52. The molecule has 0 radical (unpaired) electrons. The fraction of sp³-hybridized carbons (Fsp3) is 0.320. The molecule has 0 bridgehead atoms. The molecule has 0 saturated carbocycles. The molecule has 1 aliphatic heterocycles. The van der Waals surface area contributed by atoms with Crippen molar-refractivity contribution in [3.05, 3.63) is 69.8 Å². The molecule has 1 amide bonds. The van der Waals surface area contributed by atoms with Crippen LogP contribution in [0.15, 0.2) is 51.7 Å². The number of fused-ring (bicyclic) bond motifs is 1. The van der Waals surface area contributed by atoms with E-state index in [1.54, 1.807) is 23.1 Å². The zero-order valence-corrected chi connectivity index (χ0v) is 18.8. The standard InChI is InChI=1S/C25H24FNO7/c1-15-9-25(30)34-23-11-18(4-5-20(15)23)32-14-24(29)27-7-8-31-19(12-27)13-33-22-6-3-17(26)10-21(22)16(2)28/h3-6,9-11,19H,7-8,12-14H2,1-2H3. The molecule has 0 N–H and O–H groups in total. The lowest BCUT2D eigenvalue weighted by Gasteiger charge is -2.32. The van der Waals surface area contributed by atoms with E-state index >= 15 is 0 Å². The molecule has 3 aromatic rings. The number of amides is 1. The molecule has 9 heteroatoms. The Morgan fingerprint density at radius 3 is 2.76 bits per heavy atom. The van der Waals surface area contributed by atoms with Gasteiger partial charge in [0.2, 0.25) is 0 Å².